The Morgan fingerprint density at radius 1 is 1.35 bits per heavy atom. The largest absolute Gasteiger partial charge is 0.469 e. The van der Waals surface area contributed by atoms with Crippen LogP contribution in [0.15, 0.2) is 27.8 Å². The third kappa shape index (κ3) is 10.0. The zero-order valence-corrected chi connectivity index (χ0v) is 18.0. The van der Waals surface area contributed by atoms with Crippen molar-refractivity contribution in [3.8, 4) is 0 Å². The second kappa shape index (κ2) is 13.0. The van der Waals surface area contributed by atoms with Gasteiger partial charge in [0.05, 0.1) is 6.26 Å². The summed E-state index contributed by atoms with van der Waals surface area (Å²) in [7, 11) is 3.46. The summed E-state index contributed by atoms with van der Waals surface area (Å²) >= 11 is 0. The first-order valence-electron chi connectivity index (χ1n) is 8.97. The number of halogens is 1. The van der Waals surface area contributed by atoms with E-state index in [1.807, 2.05) is 12.1 Å². The molecular formula is C18H31IN4O3. The highest BCUT2D eigenvalue weighted by atomic mass is 127. The van der Waals surface area contributed by atoms with Crippen molar-refractivity contribution in [2.75, 3.05) is 46.9 Å². The molecule has 0 bridgehead atoms. The van der Waals surface area contributed by atoms with Gasteiger partial charge < -0.3 is 24.7 Å². The Labute approximate surface area is 173 Å². The molecule has 0 saturated heterocycles. The topological polar surface area (TPSA) is 79.1 Å². The van der Waals surface area contributed by atoms with Gasteiger partial charge in [-0.1, -0.05) is 0 Å². The fourth-order valence-electron chi connectivity index (χ4n) is 2.14. The Kier molecular flexibility index (Phi) is 11.3. The van der Waals surface area contributed by atoms with Gasteiger partial charge in [-0.05, 0) is 37.3 Å². The van der Waals surface area contributed by atoms with Crippen LogP contribution in [0.3, 0.4) is 0 Å². The fraction of sp³-hybridized carbons (Fsp3) is 0.667. The number of carbonyl (C=O) groups is 1. The number of hydrogen-bond acceptors (Lipinski definition) is 4. The molecule has 2 N–H and O–H groups in total. The van der Waals surface area contributed by atoms with E-state index >= 15 is 0 Å². The molecule has 1 heterocycles. The van der Waals surface area contributed by atoms with Crippen LogP contribution in [0.5, 0.6) is 0 Å². The standard InChI is InChI=1S/C18H30N4O3.HI/c1-22(2)17(23)13-21-18(20-10-8-16-5-3-12-25-16)19-9-4-11-24-14-15-6-7-15;/h3,5,12,15H,4,6-11,13-14H2,1-2H3,(H2,19,20,21);1H. The summed E-state index contributed by atoms with van der Waals surface area (Å²) in [6.07, 6.45) is 5.97. The van der Waals surface area contributed by atoms with Crippen LogP contribution in [0.25, 0.3) is 0 Å². The Morgan fingerprint density at radius 2 is 2.12 bits per heavy atom. The minimum absolute atomic E-state index is 0. The molecular weight excluding hydrogens is 447 g/mol. The first kappa shape index (κ1) is 22.8. The van der Waals surface area contributed by atoms with Crippen LogP contribution in [0.4, 0.5) is 0 Å². The maximum absolute atomic E-state index is 11.7. The molecule has 1 aromatic heterocycles. The van der Waals surface area contributed by atoms with Crippen molar-refractivity contribution in [2.24, 2.45) is 10.9 Å². The van der Waals surface area contributed by atoms with E-state index < -0.39 is 0 Å². The zero-order chi connectivity index (χ0) is 17.9. The Morgan fingerprint density at radius 3 is 2.77 bits per heavy atom. The van der Waals surface area contributed by atoms with Gasteiger partial charge in [-0.25, -0.2) is 4.99 Å². The van der Waals surface area contributed by atoms with Gasteiger partial charge in [0.25, 0.3) is 0 Å². The Bertz CT molecular complexity index is 531. The lowest BCUT2D eigenvalue weighted by Gasteiger charge is -2.13. The van der Waals surface area contributed by atoms with E-state index in [2.05, 4.69) is 15.6 Å². The molecule has 148 valence electrons. The third-order valence-corrected chi connectivity index (χ3v) is 3.92. The highest BCUT2D eigenvalue weighted by Gasteiger charge is 2.20. The van der Waals surface area contributed by atoms with Gasteiger partial charge in [0, 0.05) is 46.8 Å². The van der Waals surface area contributed by atoms with Crippen molar-refractivity contribution < 1.29 is 13.9 Å². The van der Waals surface area contributed by atoms with Crippen molar-refractivity contribution in [2.45, 2.75) is 25.7 Å². The second-order valence-corrected chi connectivity index (χ2v) is 6.51. The van der Waals surface area contributed by atoms with E-state index in [9.17, 15) is 4.79 Å². The van der Waals surface area contributed by atoms with E-state index in [1.54, 1.807) is 20.4 Å². The summed E-state index contributed by atoms with van der Waals surface area (Å²) in [5.74, 6) is 2.33. The minimum atomic E-state index is -0.0279. The molecule has 0 spiro atoms. The van der Waals surface area contributed by atoms with Crippen LogP contribution in [-0.4, -0.2) is 63.7 Å². The summed E-state index contributed by atoms with van der Waals surface area (Å²) in [6, 6.07) is 3.82. The van der Waals surface area contributed by atoms with Crippen molar-refractivity contribution in [3.05, 3.63) is 24.2 Å². The van der Waals surface area contributed by atoms with Crippen LogP contribution in [0.1, 0.15) is 25.0 Å². The van der Waals surface area contributed by atoms with Gasteiger partial charge in [-0.3, -0.25) is 4.79 Å². The van der Waals surface area contributed by atoms with Gasteiger partial charge in [0.15, 0.2) is 5.96 Å². The molecule has 2 rings (SSSR count). The highest BCUT2D eigenvalue weighted by Crippen LogP contribution is 2.28. The smallest absolute Gasteiger partial charge is 0.243 e. The lowest BCUT2D eigenvalue weighted by Crippen LogP contribution is -2.40. The Balaban J connectivity index is 0.00000338. The van der Waals surface area contributed by atoms with Gasteiger partial charge >= 0.3 is 0 Å². The van der Waals surface area contributed by atoms with Crippen molar-refractivity contribution in [3.63, 3.8) is 0 Å². The zero-order valence-electron chi connectivity index (χ0n) is 15.7. The number of furan rings is 1. The SMILES string of the molecule is CN(C)C(=O)CN=C(NCCCOCC1CC1)NCCc1ccco1.I. The van der Waals surface area contributed by atoms with Gasteiger partial charge in [-0.15, -0.1) is 24.0 Å². The summed E-state index contributed by atoms with van der Waals surface area (Å²) in [5, 5.41) is 6.49. The van der Waals surface area contributed by atoms with E-state index in [-0.39, 0.29) is 36.4 Å². The quantitative estimate of drug-likeness (QED) is 0.220. The molecule has 1 aliphatic carbocycles. The number of amides is 1. The molecule has 0 unspecified atom stereocenters. The molecule has 26 heavy (non-hydrogen) atoms. The average Bonchev–Trinajstić information content (AvgIpc) is 3.28. The number of guanidine groups is 1. The number of ether oxygens (including phenoxy) is 1. The molecule has 1 fully saturated rings. The number of rotatable bonds is 11. The van der Waals surface area contributed by atoms with Crippen molar-refractivity contribution in [1.29, 1.82) is 0 Å². The highest BCUT2D eigenvalue weighted by molar-refractivity contribution is 14.0. The fourth-order valence-corrected chi connectivity index (χ4v) is 2.14. The molecule has 0 aromatic carbocycles. The second-order valence-electron chi connectivity index (χ2n) is 6.51. The molecule has 1 amide bonds. The van der Waals surface area contributed by atoms with Crippen LogP contribution >= 0.6 is 24.0 Å². The summed E-state index contributed by atoms with van der Waals surface area (Å²) in [6.45, 7) is 3.21. The number of nitrogens with zero attached hydrogens (tertiary/aromatic N) is 2. The van der Waals surface area contributed by atoms with E-state index in [4.69, 9.17) is 9.15 Å². The lowest BCUT2D eigenvalue weighted by atomic mass is 10.3. The van der Waals surface area contributed by atoms with Crippen LogP contribution in [-0.2, 0) is 16.0 Å². The monoisotopic (exact) mass is 478 g/mol. The molecule has 0 radical (unpaired) electrons. The predicted octanol–water partition coefficient (Wildman–Crippen LogP) is 1.88. The van der Waals surface area contributed by atoms with Crippen molar-refractivity contribution in [1.82, 2.24) is 15.5 Å². The molecule has 8 heteroatoms. The average molecular weight is 478 g/mol. The first-order chi connectivity index (χ1) is 12.1. The lowest BCUT2D eigenvalue weighted by molar-refractivity contribution is -0.127. The molecule has 0 atom stereocenters. The van der Waals surface area contributed by atoms with Crippen LogP contribution in [0.2, 0.25) is 0 Å². The van der Waals surface area contributed by atoms with Gasteiger partial charge in [-0.2, -0.15) is 0 Å². The summed E-state index contributed by atoms with van der Waals surface area (Å²) < 4.78 is 10.9. The van der Waals surface area contributed by atoms with Gasteiger partial charge in [0.1, 0.15) is 12.3 Å². The number of carbonyl (C=O) groups excluding carboxylic acids is 1. The molecule has 7 nitrogen and oxygen atoms in total. The minimum Gasteiger partial charge on any atom is -0.469 e. The van der Waals surface area contributed by atoms with E-state index in [0.717, 1.165) is 44.3 Å². The maximum atomic E-state index is 11.7. The number of nitrogens with one attached hydrogen (secondary N) is 2. The van der Waals surface area contributed by atoms with Crippen LogP contribution < -0.4 is 10.6 Å². The molecule has 1 saturated carbocycles. The summed E-state index contributed by atoms with van der Waals surface area (Å²) in [5.41, 5.74) is 0. The Hall–Kier alpha value is -1.29. The predicted molar refractivity (Wildman–Crippen MR) is 113 cm³/mol. The number of likely N-dealkylation sites (N-methyl/N-ethyl adjacent to an activating group) is 1. The normalized spacial score (nSPS) is 13.8. The molecule has 0 aliphatic heterocycles. The van der Waals surface area contributed by atoms with E-state index in [1.165, 1.54) is 17.7 Å². The van der Waals surface area contributed by atoms with Crippen LogP contribution in [0, 0.1) is 5.92 Å². The van der Waals surface area contributed by atoms with Crippen molar-refractivity contribution >= 4 is 35.8 Å². The third-order valence-electron chi connectivity index (χ3n) is 3.92. The number of hydrogen-bond donors (Lipinski definition) is 2. The number of aliphatic imine (C=N–C) groups is 1. The van der Waals surface area contributed by atoms with E-state index in [0.29, 0.717) is 12.5 Å². The molecule has 1 aliphatic rings. The molecule has 1 aromatic rings. The summed E-state index contributed by atoms with van der Waals surface area (Å²) in [4.78, 5) is 17.6. The first-order valence-corrected chi connectivity index (χ1v) is 8.97. The maximum Gasteiger partial charge on any atom is 0.243 e. The van der Waals surface area contributed by atoms with Gasteiger partial charge in [0.2, 0.25) is 5.91 Å².